The van der Waals surface area contributed by atoms with Crippen molar-refractivity contribution in [1.29, 1.82) is 0 Å². The van der Waals surface area contributed by atoms with Gasteiger partial charge in [-0.25, -0.2) is 0 Å². The monoisotopic (exact) mass is 269 g/mol. The van der Waals surface area contributed by atoms with Gasteiger partial charge in [-0.3, -0.25) is 4.90 Å². The van der Waals surface area contributed by atoms with Gasteiger partial charge in [0, 0.05) is 6.04 Å². The zero-order chi connectivity index (χ0) is 12.1. The predicted molar refractivity (Wildman–Crippen MR) is 78.7 cm³/mol. The van der Waals surface area contributed by atoms with Crippen molar-refractivity contribution in [3.05, 3.63) is 0 Å². The van der Waals surface area contributed by atoms with E-state index in [0.29, 0.717) is 15.1 Å². The molecule has 0 bridgehead atoms. The van der Waals surface area contributed by atoms with Crippen LogP contribution >= 0.6 is 0 Å². The van der Waals surface area contributed by atoms with Crippen molar-refractivity contribution in [2.75, 3.05) is 0 Å². The van der Waals surface area contributed by atoms with Crippen LogP contribution in [-0.4, -0.2) is 74.9 Å². The van der Waals surface area contributed by atoms with Gasteiger partial charge in [0.2, 0.25) is 0 Å². The van der Waals surface area contributed by atoms with Crippen LogP contribution in [0.3, 0.4) is 0 Å². The lowest BCUT2D eigenvalue weighted by Gasteiger charge is -2.48. The van der Waals surface area contributed by atoms with Gasteiger partial charge in [-0.2, -0.15) is 0 Å². The minimum Gasteiger partial charge on any atom is -0.314 e. The summed E-state index contributed by atoms with van der Waals surface area (Å²) in [6.07, 6.45) is 5.47. The first-order valence-corrected chi connectivity index (χ1v) is 10.3. The molecule has 1 aliphatic rings. The van der Waals surface area contributed by atoms with E-state index >= 15 is 0 Å². The highest BCUT2D eigenvalue weighted by Gasteiger charge is 2.29. The zero-order valence-electron chi connectivity index (χ0n) is 11.6. The van der Waals surface area contributed by atoms with Gasteiger partial charge in [-0.05, 0) is 28.4 Å². The highest BCUT2D eigenvalue weighted by molar-refractivity contribution is 6.17. The molecular formula is C10H26Al3N3. The van der Waals surface area contributed by atoms with Crippen LogP contribution in [0.5, 0.6) is 0 Å². The lowest BCUT2D eigenvalue weighted by atomic mass is 10.1. The van der Waals surface area contributed by atoms with E-state index in [0.717, 1.165) is 6.04 Å². The van der Waals surface area contributed by atoms with Gasteiger partial charge in [-0.1, -0.05) is 26.2 Å². The normalized spacial score (nSPS) is 33.8. The van der Waals surface area contributed by atoms with E-state index in [9.17, 15) is 0 Å². The maximum atomic E-state index is 3.69. The third-order valence-electron chi connectivity index (χ3n) is 3.61. The van der Waals surface area contributed by atoms with Crippen molar-refractivity contribution in [1.82, 2.24) is 15.5 Å². The molecule has 90 valence electrons. The van der Waals surface area contributed by atoms with Gasteiger partial charge in [0.1, 0.15) is 0 Å². The average Bonchev–Trinajstić information content (AvgIpc) is 2.16. The van der Waals surface area contributed by atoms with Crippen LogP contribution in [0.1, 0.15) is 39.5 Å². The molecule has 0 aromatic heterocycles. The first kappa shape index (κ1) is 15.5. The average molecular weight is 269 g/mol. The van der Waals surface area contributed by atoms with Crippen molar-refractivity contribution in [3.63, 3.8) is 0 Å². The second kappa shape index (κ2) is 7.81. The van der Waals surface area contributed by atoms with Gasteiger partial charge in [0.05, 0.1) is 0 Å². The minimum absolute atomic E-state index is 0.629. The molecule has 0 radical (unpaired) electrons. The summed E-state index contributed by atoms with van der Waals surface area (Å²) in [5, 5.41) is 9.38. The molecule has 2 N–H and O–H groups in total. The first-order chi connectivity index (χ1) is 7.56. The van der Waals surface area contributed by atoms with Crippen LogP contribution in [-0.2, 0) is 0 Å². The van der Waals surface area contributed by atoms with Crippen molar-refractivity contribution >= 4 is 48.9 Å². The van der Waals surface area contributed by atoms with Crippen LogP contribution < -0.4 is 10.6 Å². The second-order valence-electron chi connectivity index (χ2n) is 5.20. The lowest BCUT2D eigenvalue weighted by molar-refractivity contribution is 0.0798. The fourth-order valence-electron chi connectivity index (χ4n) is 2.88. The Morgan fingerprint density at radius 2 is 1.69 bits per heavy atom. The molecule has 1 rings (SSSR count). The molecular weight excluding hydrogens is 243 g/mol. The standard InChI is InChI=1S/C10H20N3.3Al.6H/c1-3-4-5-6-10(2)13-8-11-7-12-9-13;;;;;;;;;/h7-12H,3-6H2,1-2H3;;;;;;;;;. The summed E-state index contributed by atoms with van der Waals surface area (Å²) < 4.78 is 0. The number of rotatable bonds is 5. The summed E-state index contributed by atoms with van der Waals surface area (Å²) in [4.78, 5) is 2.70. The van der Waals surface area contributed by atoms with Gasteiger partial charge >= 0.3 is 0 Å². The fourth-order valence-corrected chi connectivity index (χ4v) is 8.69. The molecule has 0 saturated carbocycles. The smallest absolute Gasteiger partial charge is 0.262 e. The molecule has 1 saturated heterocycles. The summed E-state index contributed by atoms with van der Waals surface area (Å²) in [5.74, 6) is 0. The Labute approximate surface area is 124 Å². The molecule has 1 heterocycles. The summed E-state index contributed by atoms with van der Waals surface area (Å²) in [7, 11) is 0. The Morgan fingerprint density at radius 3 is 2.19 bits per heavy atom. The lowest BCUT2D eigenvalue weighted by Crippen LogP contribution is -2.71. The summed E-state index contributed by atoms with van der Waals surface area (Å²) in [6, 6.07) is 0.741. The Balaban J connectivity index is 2.43. The molecule has 16 heavy (non-hydrogen) atoms. The van der Waals surface area contributed by atoms with E-state index in [2.05, 4.69) is 29.4 Å². The molecule has 6 heteroatoms. The highest BCUT2D eigenvalue weighted by Crippen LogP contribution is 2.14. The fraction of sp³-hybridized carbons (Fsp3) is 1.00. The number of hydrogen-bond acceptors (Lipinski definition) is 3. The number of nitrogens with one attached hydrogen (secondary N) is 2. The summed E-state index contributed by atoms with van der Waals surface area (Å²) in [6.45, 7) is 4.69. The second-order valence-corrected chi connectivity index (χ2v) is 8.54. The van der Waals surface area contributed by atoms with E-state index in [-0.39, 0.29) is 0 Å². The van der Waals surface area contributed by atoms with E-state index in [1.165, 1.54) is 74.6 Å². The minimum atomic E-state index is 0.629. The molecule has 3 atom stereocenters. The quantitative estimate of drug-likeness (QED) is 0.455. The van der Waals surface area contributed by atoms with E-state index in [4.69, 9.17) is 0 Å². The Hall–Kier alpha value is 1.48. The molecule has 0 aromatic rings. The predicted octanol–water partition coefficient (Wildman–Crippen LogP) is -1.80. The highest BCUT2D eigenvalue weighted by atomic mass is 27.1. The molecule has 1 aliphatic heterocycles. The van der Waals surface area contributed by atoms with Gasteiger partial charge in [0.25, 0.3) is 48.9 Å². The van der Waals surface area contributed by atoms with Gasteiger partial charge in [0.15, 0.2) is 0 Å². The van der Waals surface area contributed by atoms with Crippen LogP contribution in [0.25, 0.3) is 0 Å². The van der Waals surface area contributed by atoms with Crippen LogP contribution in [0.15, 0.2) is 0 Å². The van der Waals surface area contributed by atoms with Crippen molar-refractivity contribution < 1.29 is 0 Å². The van der Waals surface area contributed by atoms with Crippen molar-refractivity contribution in [2.45, 2.75) is 60.7 Å². The van der Waals surface area contributed by atoms with E-state index in [1.807, 2.05) is 0 Å². The molecule has 3 unspecified atom stereocenters. The Bertz CT molecular complexity index is 194. The molecule has 0 aliphatic carbocycles. The Kier molecular flexibility index (Phi) is 7.59. The number of hydrogen-bond donors (Lipinski definition) is 2. The number of unbranched alkanes of at least 4 members (excludes halogenated alkanes) is 2. The third-order valence-corrected chi connectivity index (χ3v) is 6.14. The van der Waals surface area contributed by atoms with Gasteiger partial charge < -0.3 is 10.6 Å². The molecule has 3 nitrogen and oxygen atoms in total. The van der Waals surface area contributed by atoms with Crippen LogP contribution in [0.4, 0.5) is 0 Å². The summed E-state index contributed by atoms with van der Waals surface area (Å²) in [5.41, 5.74) is 0. The molecule has 0 spiro atoms. The van der Waals surface area contributed by atoms with Gasteiger partial charge in [-0.15, -0.1) is 0 Å². The zero-order valence-corrected chi connectivity index (χ0v) is 17.6. The number of nitrogens with zero attached hydrogens (tertiary/aromatic N) is 1. The molecule has 1 fully saturated rings. The Morgan fingerprint density at radius 1 is 1.12 bits per heavy atom. The SMILES string of the molecule is CCCCCC(C)N1[CH]([AlH2])N[CH]([AlH2])N[CH]1[AlH2]. The van der Waals surface area contributed by atoms with Crippen LogP contribution in [0, 0.1) is 0 Å². The van der Waals surface area contributed by atoms with Crippen molar-refractivity contribution in [3.8, 4) is 0 Å². The molecule has 0 aromatic carbocycles. The third kappa shape index (κ3) is 4.63. The topological polar surface area (TPSA) is 27.3 Å². The van der Waals surface area contributed by atoms with Crippen LogP contribution in [0.2, 0.25) is 0 Å². The molecule has 0 amide bonds. The maximum absolute atomic E-state index is 3.69. The van der Waals surface area contributed by atoms with E-state index < -0.39 is 0 Å². The van der Waals surface area contributed by atoms with Crippen molar-refractivity contribution in [2.24, 2.45) is 0 Å². The van der Waals surface area contributed by atoms with E-state index in [1.54, 1.807) is 0 Å². The largest absolute Gasteiger partial charge is 0.314 e. The first-order valence-electron chi connectivity index (χ1n) is 6.85. The maximum Gasteiger partial charge on any atom is 0.262 e. The summed E-state index contributed by atoms with van der Waals surface area (Å²) >= 11 is 3.69.